The molecule has 19 heavy (non-hydrogen) atoms. The van der Waals surface area contributed by atoms with Crippen LogP contribution in [0.4, 0.5) is 0 Å². The van der Waals surface area contributed by atoms with Crippen molar-refractivity contribution in [1.82, 2.24) is 10.2 Å². The molecule has 1 aliphatic carbocycles. The highest BCUT2D eigenvalue weighted by Gasteiger charge is 2.21. The van der Waals surface area contributed by atoms with E-state index in [4.69, 9.17) is 4.74 Å². The number of hydrogen-bond donors (Lipinski definition) is 1. The van der Waals surface area contributed by atoms with Crippen LogP contribution in [0, 0.1) is 0 Å². The lowest BCUT2D eigenvalue weighted by molar-refractivity contribution is 0.117. The van der Waals surface area contributed by atoms with E-state index in [2.05, 4.69) is 58.4 Å². The van der Waals surface area contributed by atoms with E-state index in [0.717, 1.165) is 26.3 Å². The topological polar surface area (TPSA) is 24.5 Å². The van der Waals surface area contributed by atoms with Crippen molar-refractivity contribution in [1.29, 1.82) is 0 Å². The lowest BCUT2D eigenvalue weighted by Crippen LogP contribution is -2.25. The smallest absolute Gasteiger partial charge is 0.0593 e. The molecular formula is C15H23BrN2O. The van der Waals surface area contributed by atoms with Crippen molar-refractivity contribution in [3.8, 4) is 0 Å². The standard InChI is InChI=1S/C15H23BrN2O/c1-18(2)8-10-19-9-7-17-15-6-3-12-11-13(16)4-5-14(12)15/h4-5,11,15,17H,3,6-10H2,1-2H3. The van der Waals surface area contributed by atoms with E-state index in [-0.39, 0.29) is 0 Å². The zero-order valence-electron chi connectivity index (χ0n) is 11.8. The number of ether oxygens (including phenoxy) is 1. The van der Waals surface area contributed by atoms with Crippen molar-refractivity contribution in [2.45, 2.75) is 18.9 Å². The molecule has 1 atom stereocenters. The van der Waals surface area contributed by atoms with Gasteiger partial charge in [-0.1, -0.05) is 22.0 Å². The molecule has 0 bridgehead atoms. The van der Waals surface area contributed by atoms with Gasteiger partial charge in [0.15, 0.2) is 0 Å². The first-order valence-corrected chi connectivity index (χ1v) is 7.70. The first-order chi connectivity index (χ1) is 9.16. The fourth-order valence-corrected chi connectivity index (χ4v) is 2.86. The van der Waals surface area contributed by atoms with Crippen LogP contribution in [0.5, 0.6) is 0 Å². The second-order valence-corrected chi connectivity index (χ2v) is 6.22. The van der Waals surface area contributed by atoms with Gasteiger partial charge < -0.3 is 15.0 Å². The fourth-order valence-electron chi connectivity index (χ4n) is 2.45. The molecule has 0 saturated heterocycles. The van der Waals surface area contributed by atoms with Gasteiger partial charge in [-0.15, -0.1) is 0 Å². The molecule has 0 aromatic heterocycles. The van der Waals surface area contributed by atoms with Crippen molar-refractivity contribution in [3.05, 3.63) is 33.8 Å². The van der Waals surface area contributed by atoms with E-state index in [1.54, 1.807) is 0 Å². The first kappa shape index (κ1) is 15.0. The van der Waals surface area contributed by atoms with Crippen LogP contribution < -0.4 is 5.32 Å². The van der Waals surface area contributed by atoms with Gasteiger partial charge in [0.2, 0.25) is 0 Å². The average molecular weight is 327 g/mol. The van der Waals surface area contributed by atoms with Crippen molar-refractivity contribution < 1.29 is 4.74 Å². The zero-order valence-corrected chi connectivity index (χ0v) is 13.4. The summed E-state index contributed by atoms with van der Waals surface area (Å²) < 4.78 is 6.78. The lowest BCUT2D eigenvalue weighted by Gasteiger charge is -2.15. The van der Waals surface area contributed by atoms with Gasteiger partial charge in [-0.3, -0.25) is 0 Å². The minimum absolute atomic E-state index is 0.501. The Morgan fingerprint density at radius 3 is 3.00 bits per heavy atom. The highest BCUT2D eigenvalue weighted by atomic mass is 79.9. The van der Waals surface area contributed by atoms with E-state index in [1.165, 1.54) is 28.4 Å². The summed E-state index contributed by atoms with van der Waals surface area (Å²) in [5.41, 5.74) is 2.93. The minimum atomic E-state index is 0.501. The lowest BCUT2D eigenvalue weighted by atomic mass is 10.1. The molecule has 106 valence electrons. The van der Waals surface area contributed by atoms with Crippen molar-refractivity contribution in [3.63, 3.8) is 0 Å². The summed E-state index contributed by atoms with van der Waals surface area (Å²) in [5, 5.41) is 3.59. The van der Waals surface area contributed by atoms with Gasteiger partial charge in [-0.05, 0) is 50.2 Å². The number of halogens is 1. The third-order valence-corrected chi connectivity index (χ3v) is 4.00. The molecule has 1 N–H and O–H groups in total. The summed E-state index contributed by atoms with van der Waals surface area (Å²) in [6.07, 6.45) is 2.37. The van der Waals surface area contributed by atoms with E-state index < -0.39 is 0 Å². The number of benzene rings is 1. The number of aryl methyl sites for hydroxylation is 1. The quantitative estimate of drug-likeness (QED) is 0.779. The maximum atomic E-state index is 5.60. The van der Waals surface area contributed by atoms with Crippen LogP contribution in [0.15, 0.2) is 22.7 Å². The van der Waals surface area contributed by atoms with Gasteiger partial charge in [0, 0.05) is 23.6 Å². The largest absolute Gasteiger partial charge is 0.379 e. The Bertz CT molecular complexity index is 409. The van der Waals surface area contributed by atoms with Crippen LogP contribution in [0.2, 0.25) is 0 Å². The monoisotopic (exact) mass is 326 g/mol. The van der Waals surface area contributed by atoms with Gasteiger partial charge in [0.1, 0.15) is 0 Å². The van der Waals surface area contributed by atoms with Gasteiger partial charge in [0.25, 0.3) is 0 Å². The maximum Gasteiger partial charge on any atom is 0.0593 e. The molecule has 0 aliphatic heterocycles. The van der Waals surface area contributed by atoms with Crippen molar-refractivity contribution >= 4 is 15.9 Å². The third-order valence-electron chi connectivity index (χ3n) is 3.50. The Morgan fingerprint density at radius 2 is 2.21 bits per heavy atom. The van der Waals surface area contributed by atoms with E-state index >= 15 is 0 Å². The van der Waals surface area contributed by atoms with E-state index in [9.17, 15) is 0 Å². The summed E-state index contributed by atoms with van der Waals surface area (Å²) >= 11 is 3.53. The molecule has 1 aromatic rings. The first-order valence-electron chi connectivity index (χ1n) is 6.91. The molecular weight excluding hydrogens is 304 g/mol. The van der Waals surface area contributed by atoms with Gasteiger partial charge in [-0.2, -0.15) is 0 Å². The van der Waals surface area contributed by atoms with Crippen LogP contribution in [-0.4, -0.2) is 45.3 Å². The highest BCUT2D eigenvalue weighted by molar-refractivity contribution is 9.10. The van der Waals surface area contributed by atoms with Crippen molar-refractivity contribution in [2.24, 2.45) is 0 Å². The third kappa shape index (κ3) is 4.56. The Labute approximate surface area is 124 Å². The highest BCUT2D eigenvalue weighted by Crippen LogP contribution is 2.32. The number of likely N-dealkylation sites (N-methyl/N-ethyl adjacent to an activating group) is 1. The molecule has 0 saturated carbocycles. The SMILES string of the molecule is CN(C)CCOCCNC1CCc2cc(Br)ccc21. The predicted octanol–water partition coefficient (Wildman–Crippen LogP) is 2.60. The molecule has 1 unspecified atom stereocenters. The van der Waals surface area contributed by atoms with Gasteiger partial charge >= 0.3 is 0 Å². The Balaban J connectivity index is 1.69. The summed E-state index contributed by atoms with van der Waals surface area (Å²) in [4.78, 5) is 2.14. The molecule has 0 amide bonds. The number of rotatable bonds is 7. The fraction of sp³-hybridized carbons (Fsp3) is 0.600. The van der Waals surface area contributed by atoms with Crippen LogP contribution in [0.1, 0.15) is 23.6 Å². The Kier molecular flexibility index (Phi) is 5.82. The summed E-state index contributed by atoms with van der Waals surface area (Å²) in [5.74, 6) is 0. The molecule has 3 nitrogen and oxygen atoms in total. The second kappa shape index (κ2) is 7.39. The summed E-state index contributed by atoms with van der Waals surface area (Å²) in [6.45, 7) is 3.51. The Hall–Kier alpha value is -0.420. The average Bonchev–Trinajstić information content (AvgIpc) is 2.75. The number of nitrogens with zero attached hydrogens (tertiary/aromatic N) is 1. The summed E-state index contributed by atoms with van der Waals surface area (Å²) in [6, 6.07) is 7.11. The Morgan fingerprint density at radius 1 is 1.37 bits per heavy atom. The normalized spacial score (nSPS) is 18.0. The van der Waals surface area contributed by atoms with Crippen LogP contribution >= 0.6 is 15.9 Å². The van der Waals surface area contributed by atoms with Crippen LogP contribution in [-0.2, 0) is 11.2 Å². The molecule has 1 aliphatic rings. The molecule has 0 heterocycles. The molecule has 0 fully saturated rings. The molecule has 0 spiro atoms. The maximum absolute atomic E-state index is 5.60. The van der Waals surface area contributed by atoms with E-state index in [0.29, 0.717) is 6.04 Å². The van der Waals surface area contributed by atoms with Gasteiger partial charge in [-0.25, -0.2) is 0 Å². The van der Waals surface area contributed by atoms with Crippen LogP contribution in [0.25, 0.3) is 0 Å². The van der Waals surface area contributed by atoms with Crippen LogP contribution in [0.3, 0.4) is 0 Å². The minimum Gasteiger partial charge on any atom is -0.379 e. The molecule has 1 aromatic carbocycles. The zero-order chi connectivity index (χ0) is 13.7. The molecule has 4 heteroatoms. The number of nitrogens with one attached hydrogen (secondary N) is 1. The number of fused-ring (bicyclic) bond motifs is 1. The predicted molar refractivity (Wildman–Crippen MR) is 82.6 cm³/mol. The summed E-state index contributed by atoms with van der Waals surface area (Å²) in [7, 11) is 4.13. The second-order valence-electron chi connectivity index (χ2n) is 5.30. The molecule has 0 radical (unpaired) electrons. The van der Waals surface area contributed by atoms with Gasteiger partial charge in [0.05, 0.1) is 13.2 Å². The van der Waals surface area contributed by atoms with E-state index in [1.807, 2.05) is 0 Å². The molecule has 2 rings (SSSR count). The number of hydrogen-bond acceptors (Lipinski definition) is 3. The van der Waals surface area contributed by atoms with Crippen molar-refractivity contribution in [2.75, 3.05) is 40.4 Å².